The van der Waals surface area contributed by atoms with Gasteiger partial charge in [-0.15, -0.1) is 0 Å². The van der Waals surface area contributed by atoms with E-state index in [0.29, 0.717) is 0 Å². The molecular weight excluding hydrogens is 230 g/mol. The normalized spacial score (nSPS) is 11.5. The summed E-state index contributed by atoms with van der Waals surface area (Å²) in [7, 11) is 0. The summed E-state index contributed by atoms with van der Waals surface area (Å²) in [6.45, 7) is 3.12. The Kier molecular flexibility index (Phi) is 17.4. The Morgan fingerprint density at radius 2 is 1.00 bits per heavy atom. The highest BCUT2D eigenvalue weighted by atomic mass is 14.5. The minimum Gasteiger partial charge on any atom is -0.330 e. The molecule has 0 spiro atoms. The molecule has 0 aliphatic rings. The minimum atomic E-state index is 0.868. The molecule has 0 aromatic rings. The first-order valence-corrected chi connectivity index (χ1v) is 8.77. The highest BCUT2D eigenvalue weighted by Crippen LogP contribution is 2.11. The van der Waals surface area contributed by atoms with Gasteiger partial charge in [0.1, 0.15) is 0 Å². The van der Waals surface area contributed by atoms with E-state index >= 15 is 0 Å². The molecule has 0 aromatic heterocycles. The molecule has 0 amide bonds. The van der Waals surface area contributed by atoms with E-state index < -0.39 is 0 Å². The van der Waals surface area contributed by atoms with Crippen molar-refractivity contribution in [1.82, 2.24) is 0 Å². The standard InChI is InChI=1S/C18H37N/c1-2-3-4-5-6-7-8-9-10-11-12-13-14-15-16-17-18-19/h5-6H,2-4,7-19H2,1H3. The summed E-state index contributed by atoms with van der Waals surface area (Å²) in [6, 6.07) is 0. The monoisotopic (exact) mass is 267 g/mol. The van der Waals surface area contributed by atoms with E-state index in [1.807, 2.05) is 0 Å². The smallest absolute Gasteiger partial charge is 0.00773 e. The zero-order valence-electron chi connectivity index (χ0n) is 13.3. The first-order chi connectivity index (χ1) is 9.41. The highest BCUT2D eigenvalue weighted by molar-refractivity contribution is 4.81. The predicted octanol–water partition coefficient (Wildman–Crippen LogP) is 5.98. The van der Waals surface area contributed by atoms with Gasteiger partial charge in [-0.05, 0) is 32.2 Å². The summed E-state index contributed by atoms with van der Waals surface area (Å²) >= 11 is 0. The van der Waals surface area contributed by atoms with Gasteiger partial charge in [0.15, 0.2) is 0 Å². The van der Waals surface area contributed by atoms with E-state index in [4.69, 9.17) is 5.73 Å². The van der Waals surface area contributed by atoms with Gasteiger partial charge in [-0.25, -0.2) is 0 Å². The molecular formula is C18H37N. The van der Waals surface area contributed by atoms with Crippen molar-refractivity contribution in [1.29, 1.82) is 0 Å². The Hall–Kier alpha value is -0.300. The summed E-state index contributed by atoms with van der Waals surface area (Å²) < 4.78 is 0. The van der Waals surface area contributed by atoms with E-state index in [2.05, 4.69) is 19.1 Å². The topological polar surface area (TPSA) is 26.0 Å². The number of rotatable bonds is 15. The summed E-state index contributed by atoms with van der Waals surface area (Å²) in [5.41, 5.74) is 5.48. The molecule has 114 valence electrons. The molecule has 0 rings (SSSR count). The van der Waals surface area contributed by atoms with Crippen LogP contribution >= 0.6 is 0 Å². The number of unbranched alkanes of at least 4 members (excludes halogenated alkanes) is 12. The van der Waals surface area contributed by atoms with Crippen LogP contribution in [0.15, 0.2) is 12.2 Å². The molecule has 0 aliphatic carbocycles. The first-order valence-electron chi connectivity index (χ1n) is 8.77. The fourth-order valence-electron chi connectivity index (χ4n) is 2.38. The highest BCUT2D eigenvalue weighted by Gasteiger charge is 1.92. The lowest BCUT2D eigenvalue weighted by molar-refractivity contribution is 0.554. The molecule has 1 heteroatoms. The van der Waals surface area contributed by atoms with Crippen molar-refractivity contribution >= 4 is 0 Å². The van der Waals surface area contributed by atoms with Crippen molar-refractivity contribution in [3.05, 3.63) is 12.2 Å². The van der Waals surface area contributed by atoms with E-state index in [1.165, 1.54) is 89.9 Å². The van der Waals surface area contributed by atoms with Crippen LogP contribution in [-0.2, 0) is 0 Å². The molecule has 0 unspecified atom stereocenters. The molecule has 19 heavy (non-hydrogen) atoms. The van der Waals surface area contributed by atoms with Crippen LogP contribution in [0.25, 0.3) is 0 Å². The Morgan fingerprint density at radius 3 is 1.47 bits per heavy atom. The van der Waals surface area contributed by atoms with Crippen molar-refractivity contribution in [2.75, 3.05) is 6.54 Å². The second kappa shape index (κ2) is 17.7. The lowest BCUT2D eigenvalue weighted by Crippen LogP contribution is -1.97. The van der Waals surface area contributed by atoms with Gasteiger partial charge in [0.25, 0.3) is 0 Å². The van der Waals surface area contributed by atoms with Crippen LogP contribution in [0.2, 0.25) is 0 Å². The lowest BCUT2D eigenvalue weighted by Gasteiger charge is -2.01. The maximum absolute atomic E-state index is 5.48. The fourth-order valence-corrected chi connectivity index (χ4v) is 2.38. The maximum Gasteiger partial charge on any atom is -0.00773 e. The third kappa shape index (κ3) is 17.7. The van der Waals surface area contributed by atoms with Crippen molar-refractivity contribution in [3.8, 4) is 0 Å². The lowest BCUT2D eigenvalue weighted by atomic mass is 10.1. The Balaban J connectivity index is 2.97. The van der Waals surface area contributed by atoms with Gasteiger partial charge in [0, 0.05) is 0 Å². The number of allylic oxidation sites excluding steroid dienone is 2. The van der Waals surface area contributed by atoms with Gasteiger partial charge in [-0.3, -0.25) is 0 Å². The summed E-state index contributed by atoms with van der Waals surface area (Å²) in [5, 5.41) is 0. The van der Waals surface area contributed by atoms with Crippen molar-refractivity contribution < 1.29 is 0 Å². The Morgan fingerprint density at radius 1 is 0.579 bits per heavy atom. The SMILES string of the molecule is CCCCC=CCCCCCCCCCCCCN. The van der Waals surface area contributed by atoms with E-state index in [9.17, 15) is 0 Å². The molecule has 0 heterocycles. The molecule has 0 radical (unpaired) electrons. The molecule has 2 N–H and O–H groups in total. The number of hydrogen-bond donors (Lipinski definition) is 1. The van der Waals surface area contributed by atoms with Crippen molar-refractivity contribution in [3.63, 3.8) is 0 Å². The molecule has 0 fully saturated rings. The van der Waals surface area contributed by atoms with E-state index in [0.717, 1.165) is 6.54 Å². The van der Waals surface area contributed by atoms with Gasteiger partial charge in [0.2, 0.25) is 0 Å². The van der Waals surface area contributed by atoms with Crippen LogP contribution in [0.1, 0.15) is 96.8 Å². The molecule has 0 aliphatic heterocycles. The van der Waals surface area contributed by atoms with Crippen molar-refractivity contribution in [2.45, 2.75) is 96.8 Å². The van der Waals surface area contributed by atoms with Crippen LogP contribution < -0.4 is 5.73 Å². The fraction of sp³-hybridized carbons (Fsp3) is 0.889. The average molecular weight is 268 g/mol. The zero-order chi connectivity index (χ0) is 14.0. The maximum atomic E-state index is 5.48. The van der Waals surface area contributed by atoms with Gasteiger partial charge in [-0.1, -0.05) is 83.3 Å². The van der Waals surface area contributed by atoms with Gasteiger partial charge < -0.3 is 5.73 Å². The van der Waals surface area contributed by atoms with Crippen LogP contribution in [0.3, 0.4) is 0 Å². The van der Waals surface area contributed by atoms with Crippen LogP contribution in [-0.4, -0.2) is 6.54 Å². The van der Waals surface area contributed by atoms with Crippen LogP contribution in [0, 0.1) is 0 Å². The predicted molar refractivity (Wildman–Crippen MR) is 88.5 cm³/mol. The van der Waals surface area contributed by atoms with Crippen molar-refractivity contribution in [2.24, 2.45) is 5.73 Å². The van der Waals surface area contributed by atoms with Crippen LogP contribution in [0.5, 0.6) is 0 Å². The second-order valence-corrected chi connectivity index (χ2v) is 5.73. The van der Waals surface area contributed by atoms with Crippen LogP contribution in [0.4, 0.5) is 0 Å². The summed E-state index contributed by atoms with van der Waals surface area (Å²) in [5.74, 6) is 0. The quantitative estimate of drug-likeness (QED) is 0.286. The van der Waals surface area contributed by atoms with Gasteiger partial charge >= 0.3 is 0 Å². The molecule has 0 saturated carbocycles. The molecule has 0 saturated heterocycles. The van der Waals surface area contributed by atoms with E-state index in [-0.39, 0.29) is 0 Å². The largest absolute Gasteiger partial charge is 0.330 e. The van der Waals surface area contributed by atoms with Gasteiger partial charge in [-0.2, -0.15) is 0 Å². The third-order valence-corrected chi connectivity index (χ3v) is 3.72. The molecule has 1 nitrogen and oxygen atoms in total. The van der Waals surface area contributed by atoms with E-state index in [1.54, 1.807) is 0 Å². The molecule has 0 bridgehead atoms. The zero-order valence-corrected chi connectivity index (χ0v) is 13.3. The third-order valence-electron chi connectivity index (χ3n) is 3.72. The second-order valence-electron chi connectivity index (χ2n) is 5.73. The summed E-state index contributed by atoms with van der Waals surface area (Å²) in [6.07, 6.45) is 23.9. The number of nitrogens with two attached hydrogens (primary N) is 1. The Bertz CT molecular complexity index is 175. The minimum absolute atomic E-state index is 0.868. The molecule has 0 aromatic carbocycles. The van der Waals surface area contributed by atoms with Gasteiger partial charge in [0.05, 0.1) is 0 Å². The average Bonchev–Trinajstić information content (AvgIpc) is 2.43. The first kappa shape index (κ1) is 18.7. The Labute approximate surface area is 122 Å². The number of hydrogen-bond acceptors (Lipinski definition) is 1. The summed E-state index contributed by atoms with van der Waals surface area (Å²) in [4.78, 5) is 0. The molecule has 0 atom stereocenters.